The van der Waals surface area contributed by atoms with Crippen LogP contribution in [-0.4, -0.2) is 189 Å². The molecule has 0 spiro atoms. The molecule has 6 aliphatic rings. The Kier molecular flexibility index (Phi) is 54.0. The first-order valence-electron chi connectivity index (χ1n) is 37.7. The van der Waals surface area contributed by atoms with E-state index in [4.69, 9.17) is 58.7 Å². The fraction of sp³-hybridized carbons (Fsp3) is 0.811. The first-order chi connectivity index (χ1) is 49.2. The van der Waals surface area contributed by atoms with Crippen LogP contribution in [0.4, 0.5) is 31.9 Å². The van der Waals surface area contributed by atoms with Crippen molar-refractivity contribution in [1.82, 2.24) is 44.5 Å². The average molecular weight is 1920 g/mol. The van der Waals surface area contributed by atoms with Crippen LogP contribution < -0.4 is 167 Å². The third kappa shape index (κ3) is 41.6. The van der Waals surface area contributed by atoms with Crippen LogP contribution in [0, 0.1) is 59.3 Å². The fourth-order valence-electron chi connectivity index (χ4n) is 11.0. The molecule has 0 aliphatic carbocycles. The Balaban J connectivity index is -0.000000628. The molecule has 6 aliphatic heterocycles. The summed E-state index contributed by atoms with van der Waals surface area (Å²) in [5.74, 6) is 1.42. The molecule has 35 heteroatoms. The molecule has 9 rings (SSSR count). The minimum Gasteiger partial charge on any atom is -1.00 e. The Bertz CT molecular complexity index is 3090. The Morgan fingerprint density at radius 2 is 1.02 bits per heavy atom. The van der Waals surface area contributed by atoms with Gasteiger partial charge in [0.15, 0.2) is 5.69 Å². The summed E-state index contributed by atoms with van der Waals surface area (Å²) in [5, 5.41) is 23.1. The first-order valence-corrected chi connectivity index (χ1v) is 38.6. The molecule has 0 bridgehead atoms. The Morgan fingerprint density at radius 3 is 1.29 bits per heavy atom. The number of unbranched alkanes of at least 4 members (excludes halogenated alkanes) is 1. The molecule has 3 aromatic rings. The summed E-state index contributed by atoms with van der Waals surface area (Å²) in [5.41, 5.74) is 2.00. The van der Waals surface area contributed by atoms with Gasteiger partial charge >= 0.3 is 196 Å². The number of halogens is 6. The number of aromatic amines is 1. The van der Waals surface area contributed by atoms with Crippen LogP contribution in [0.2, 0.25) is 0 Å². The number of amides is 3. The number of nitrogens with zero attached hydrogens (tertiary/aromatic N) is 8. The number of carbonyl (C=O) groups is 4. The number of aromatic nitrogens is 6. The van der Waals surface area contributed by atoms with Crippen LogP contribution >= 0.6 is 31.9 Å². The fourth-order valence-corrected chi connectivity index (χ4v) is 11.7. The van der Waals surface area contributed by atoms with Gasteiger partial charge in [0.05, 0.1) is 51.3 Å². The number of piperidine rings is 3. The number of nitrogens with one attached hydrogen (secondary N) is 1. The maximum Gasteiger partial charge on any atom is 1.00 e. The first kappa shape index (κ1) is 111. The minimum absolute atomic E-state index is 0. The summed E-state index contributed by atoms with van der Waals surface area (Å²) in [6, 6.07) is 0. The number of hydrogen-bond acceptors (Lipinski definition) is 18. The van der Waals surface area contributed by atoms with Crippen molar-refractivity contribution < 1.29 is 249 Å². The Labute approximate surface area is 801 Å². The van der Waals surface area contributed by atoms with E-state index < -0.39 is 44.7 Å². The average Bonchev–Trinajstić information content (AvgIpc) is 1.61. The summed E-state index contributed by atoms with van der Waals surface area (Å²) in [6.07, 6.45) is 7.69. The number of rotatable bonds is 10. The van der Waals surface area contributed by atoms with E-state index in [2.05, 4.69) is 119 Å². The Morgan fingerprint density at radius 1 is 0.670 bits per heavy atom. The molecule has 6 saturated heterocycles. The molecule has 0 radical (unpaired) electrons. The van der Waals surface area contributed by atoms with E-state index in [-0.39, 0.29) is 221 Å². The number of alkyl halides is 4. The van der Waals surface area contributed by atoms with Gasteiger partial charge in [0.2, 0.25) is 0 Å². The topological polar surface area (TPSA) is 258 Å². The predicted octanol–water partition coefficient (Wildman–Crippen LogP) is 7.46. The molecule has 24 nitrogen and oxygen atoms in total. The second-order valence-corrected chi connectivity index (χ2v) is 33.9. The van der Waals surface area contributed by atoms with Gasteiger partial charge < -0.3 is 75.4 Å². The zero-order chi connectivity index (χ0) is 82.4. The van der Waals surface area contributed by atoms with E-state index in [1.165, 1.54) is 32.6 Å². The van der Waals surface area contributed by atoms with E-state index >= 15 is 0 Å². The summed E-state index contributed by atoms with van der Waals surface area (Å²) in [7, 11) is -1.93. The van der Waals surface area contributed by atoms with Crippen molar-refractivity contribution in [3.63, 3.8) is 0 Å². The summed E-state index contributed by atoms with van der Waals surface area (Å²) >= 11 is 6.34. The van der Waals surface area contributed by atoms with Crippen LogP contribution in [0.25, 0.3) is 0 Å². The van der Waals surface area contributed by atoms with Crippen molar-refractivity contribution in [2.45, 2.75) is 315 Å². The van der Waals surface area contributed by atoms with E-state index in [1.54, 1.807) is 0 Å². The normalized spacial score (nSPS) is 19.6. The van der Waals surface area contributed by atoms with E-state index in [9.17, 15) is 31.9 Å². The van der Waals surface area contributed by atoms with Gasteiger partial charge in [-0.05, 0) is 267 Å². The van der Waals surface area contributed by atoms with Crippen molar-refractivity contribution in [2.24, 2.45) is 17.8 Å². The molecule has 0 saturated carbocycles. The standard InChI is InChI=1S/C22H38BN3O4.C16H26BrN3O2.C12H23NO2.C9H19BO3.C5H4BrF3N2.C4H8O.C4H9.CH3F.CH2O3.2Cs.Li.H/c1-15-18(23-29-21(6,7)22(8,9)30-23)16(2)26(24-15)14-17-11-10-12-25(13-17)19(27)28-20(3,4)5;1-11-14(17)12(2)20(18-11)10-13-7-6-8-19(9-13)15(21)22-16(3,4)5;1-5-10-7-6-8-13(9-10)11(14)15-12(2,3)4;1-7(2)11-10-12-8(3,4)9(5,6)13-10;1-2-3(6)4(11-10-2)5(7,8)9;1-2-4-5-3-1;1-3-4-2;1-2;2-1-4-3;;;;/h17H,10-14H2,1-9H3;13H,6-10H2,1-5H3;10H,5-9H2,1-4H3;7H,1-6H3;1H3,(H,10,11);1-4H2;1,3-4H2,2H3;1H3;1,3H;;;;/q;;;;;;-1;;;3*+1;-1/p-1/i;;;;;;;1D;;;;;. The third-order valence-corrected chi connectivity index (χ3v) is 20.3. The predicted molar refractivity (Wildman–Crippen MR) is 413 cm³/mol. The molecule has 6 fully saturated rings. The van der Waals surface area contributed by atoms with Crippen LogP contribution in [0.15, 0.2) is 8.95 Å². The molecule has 9 heterocycles. The van der Waals surface area contributed by atoms with Gasteiger partial charge in [-0.2, -0.15) is 34.9 Å². The zero-order valence-electron chi connectivity index (χ0n) is 73.8. The molecule has 109 heavy (non-hydrogen) atoms. The zero-order valence-corrected chi connectivity index (χ0v) is 87.5. The van der Waals surface area contributed by atoms with Crippen LogP contribution in [-0.2, 0) is 71.2 Å². The number of ether oxygens (including phenoxy) is 4. The van der Waals surface area contributed by atoms with E-state index in [0.717, 1.165) is 137 Å². The van der Waals surface area contributed by atoms with Gasteiger partial charge in [-0.3, -0.25) is 23.6 Å². The monoisotopic (exact) mass is 1920 g/mol. The van der Waals surface area contributed by atoms with Crippen LogP contribution in [0.1, 0.15) is 253 Å². The van der Waals surface area contributed by atoms with Crippen LogP contribution in [0.3, 0.4) is 0 Å². The second kappa shape index (κ2) is 52.9. The number of hydrogen-bond donors (Lipinski definition) is 1. The molecule has 3 aromatic heterocycles. The summed E-state index contributed by atoms with van der Waals surface area (Å²) < 4.78 is 107. The van der Waals surface area contributed by atoms with E-state index in [0.29, 0.717) is 30.0 Å². The van der Waals surface area contributed by atoms with Crippen LogP contribution in [0.5, 0.6) is 0 Å². The van der Waals surface area contributed by atoms with Gasteiger partial charge in [0.25, 0.3) is 6.47 Å². The quantitative estimate of drug-likeness (QED) is 0.0393. The minimum atomic E-state index is -4.39. The molecular formula is C74H132B2Br2Cs2F4LiN9O15. The largest absolute Gasteiger partial charge is 1.00 e. The van der Waals surface area contributed by atoms with Gasteiger partial charge in [-0.25, -0.2) is 14.4 Å². The number of likely N-dealkylation sites (tertiary alicyclic amines) is 3. The molecule has 1 N–H and O–H groups in total. The van der Waals surface area contributed by atoms with Crippen molar-refractivity contribution in [2.75, 3.05) is 59.6 Å². The Hall–Kier alpha value is 0.141. The third-order valence-electron chi connectivity index (χ3n) is 18.1. The van der Waals surface area contributed by atoms with Crippen molar-refractivity contribution in [3.05, 3.63) is 50.0 Å². The SMILES string of the molecule is C1CCOC1.CC(C)OB1OC(C)(C)C(C)(C)O1.CCC1CCCN(C(=O)OC(C)(C)C)C1.Cc1[nH]nc(C(F)(F)F)c1Br.Cc1nn(CC2CCCN(C(=O)OC(C)(C)C)C2)c(C)c1B1OC(C)(C)C(C)(C)O1.Cc1nn(CC2CCCN(C(=O)OC(C)(C)C)C2)c(C)c1Br.O=CO[O-].[2H]CF.[CH2-]CCC.[Cs+].[Cs+].[H-].[Li+]. The van der Waals surface area contributed by atoms with Gasteiger partial charge in [-0.1, -0.05) is 26.7 Å². The summed E-state index contributed by atoms with van der Waals surface area (Å²) in [4.78, 5) is 53.2. The maximum atomic E-state index is 12.5. The smallest absolute Gasteiger partial charge is 1.00 e. The van der Waals surface area contributed by atoms with Gasteiger partial charge in [0, 0.05) is 94.2 Å². The van der Waals surface area contributed by atoms with Crippen molar-refractivity contribution in [1.29, 1.82) is 0 Å². The van der Waals surface area contributed by atoms with Gasteiger partial charge in [0.1, 0.15) is 16.8 Å². The molecule has 3 atom stereocenters. The number of aryl methyl sites for hydroxylation is 3. The number of H-pyrrole nitrogens is 1. The second-order valence-electron chi connectivity index (χ2n) is 32.3. The van der Waals surface area contributed by atoms with E-state index in [1.807, 2.05) is 137 Å². The maximum absolute atomic E-state index is 12.5. The number of carbonyl (C=O) groups excluding carboxylic acids is 4. The van der Waals surface area contributed by atoms with Crippen molar-refractivity contribution in [3.8, 4) is 0 Å². The molecule has 3 amide bonds. The summed E-state index contributed by atoms with van der Waals surface area (Å²) in [6.45, 7) is 63.1. The molecule has 3 unspecified atom stereocenters. The van der Waals surface area contributed by atoms with Crippen molar-refractivity contribution >= 4 is 76.5 Å². The molecular weight excluding hydrogens is 1790 g/mol. The van der Waals surface area contributed by atoms with Gasteiger partial charge in [-0.15, -0.1) is 0 Å². The molecule has 0 aromatic carbocycles. The molecule has 614 valence electrons.